The number of quaternary nitrogens is 1. The Morgan fingerprint density at radius 3 is 2.43 bits per heavy atom. The minimum absolute atomic E-state index is 0. The molecule has 0 spiro atoms. The molecule has 3 heteroatoms. The van der Waals surface area contributed by atoms with E-state index in [0.29, 0.717) is 6.54 Å². The molecule has 0 atom stereocenters. The predicted molar refractivity (Wildman–Crippen MR) is 51.4 cm³/mol. The van der Waals surface area contributed by atoms with Gasteiger partial charge in [-0.2, -0.15) is 0 Å². The van der Waals surface area contributed by atoms with Gasteiger partial charge in [-0.15, -0.1) is 0 Å². The number of benzene rings is 2. The Labute approximate surface area is 88.9 Å². The molecule has 0 aliphatic rings. The summed E-state index contributed by atoms with van der Waals surface area (Å²) >= 11 is 0. The summed E-state index contributed by atoms with van der Waals surface area (Å²) in [5, 5.41) is 11.1. The van der Waals surface area contributed by atoms with E-state index in [1.54, 1.807) is 0 Å². The minimum Gasteiger partial charge on any atom is -1.00 e. The molecule has 2 aromatic rings. The van der Waals surface area contributed by atoms with Crippen molar-refractivity contribution in [1.29, 1.82) is 0 Å². The molecule has 14 heavy (non-hydrogen) atoms. The first-order chi connectivity index (χ1) is 6.40. The van der Waals surface area contributed by atoms with E-state index in [1.165, 1.54) is 16.3 Å². The molecule has 0 fully saturated rings. The fourth-order valence-corrected chi connectivity index (χ4v) is 1.47. The van der Waals surface area contributed by atoms with Crippen molar-refractivity contribution in [2.24, 2.45) is 0 Å². The van der Waals surface area contributed by atoms with Crippen molar-refractivity contribution in [2.75, 3.05) is 0 Å². The molecular formula is C11H12ClNO. The maximum absolute atomic E-state index is 8.67. The van der Waals surface area contributed by atoms with Gasteiger partial charge in [0.2, 0.25) is 0 Å². The molecular weight excluding hydrogens is 198 g/mol. The summed E-state index contributed by atoms with van der Waals surface area (Å²) in [6.45, 7) is 0.616. The van der Waals surface area contributed by atoms with Crippen LogP contribution >= 0.6 is 0 Å². The van der Waals surface area contributed by atoms with Crippen LogP contribution in [-0.2, 0) is 6.54 Å². The predicted octanol–water partition coefficient (Wildman–Crippen LogP) is -1.70. The van der Waals surface area contributed by atoms with Crippen LogP contribution in [0, 0.1) is 0 Å². The maximum Gasteiger partial charge on any atom is 0.131 e. The second-order valence-corrected chi connectivity index (χ2v) is 3.07. The van der Waals surface area contributed by atoms with Gasteiger partial charge >= 0.3 is 0 Å². The van der Waals surface area contributed by atoms with Gasteiger partial charge in [-0.25, -0.2) is 10.7 Å². The largest absolute Gasteiger partial charge is 1.00 e. The van der Waals surface area contributed by atoms with Crippen molar-refractivity contribution < 1.29 is 23.1 Å². The molecule has 0 heterocycles. The van der Waals surface area contributed by atoms with Gasteiger partial charge in [-0.1, -0.05) is 36.4 Å². The van der Waals surface area contributed by atoms with Gasteiger partial charge in [0.05, 0.1) is 0 Å². The number of hydroxylamine groups is 1. The number of fused-ring (bicyclic) bond motifs is 1. The lowest BCUT2D eigenvalue weighted by atomic mass is 10.1. The third kappa shape index (κ3) is 2.23. The summed E-state index contributed by atoms with van der Waals surface area (Å²) in [6.07, 6.45) is 0. The highest BCUT2D eigenvalue weighted by molar-refractivity contribution is 5.82. The van der Waals surface area contributed by atoms with Crippen LogP contribution in [0.3, 0.4) is 0 Å². The lowest BCUT2D eigenvalue weighted by Crippen LogP contribution is -3.00. The highest BCUT2D eigenvalue weighted by Gasteiger charge is 1.96. The van der Waals surface area contributed by atoms with Crippen LogP contribution in [0.1, 0.15) is 5.56 Å². The molecule has 0 aromatic heterocycles. The Hall–Kier alpha value is -1.09. The van der Waals surface area contributed by atoms with E-state index < -0.39 is 0 Å². The molecule has 0 saturated carbocycles. The van der Waals surface area contributed by atoms with Gasteiger partial charge in [-0.3, -0.25) is 0 Å². The summed E-state index contributed by atoms with van der Waals surface area (Å²) in [5.41, 5.74) is 2.32. The Morgan fingerprint density at radius 2 is 1.71 bits per heavy atom. The summed E-state index contributed by atoms with van der Waals surface area (Å²) in [7, 11) is 0. The fourth-order valence-electron chi connectivity index (χ4n) is 1.47. The van der Waals surface area contributed by atoms with E-state index in [4.69, 9.17) is 5.21 Å². The normalized spacial score (nSPS) is 9.79. The monoisotopic (exact) mass is 209 g/mol. The number of rotatable bonds is 2. The van der Waals surface area contributed by atoms with Crippen LogP contribution < -0.4 is 17.9 Å². The topological polar surface area (TPSA) is 36.8 Å². The highest BCUT2D eigenvalue weighted by Crippen LogP contribution is 2.14. The zero-order valence-electron chi connectivity index (χ0n) is 7.65. The van der Waals surface area contributed by atoms with Crippen LogP contribution in [0.4, 0.5) is 0 Å². The molecule has 0 amide bonds. The van der Waals surface area contributed by atoms with E-state index in [1.807, 2.05) is 18.2 Å². The van der Waals surface area contributed by atoms with Crippen molar-refractivity contribution >= 4 is 10.8 Å². The van der Waals surface area contributed by atoms with Gasteiger partial charge < -0.3 is 12.4 Å². The first-order valence-electron chi connectivity index (χ1n) is 4.34. The number of halogens is 1. The first kappa shape index (κ1) is 11.0. The third-order valence-electron chi connectivity index (χ3n) is 2.14. The Bertz CT molecular complexity index is 417. The zero-order chi connectivity index (χ0) is 9.10. The van der Waals surface area contributed by atoms with Crippen LogP contribution in [0.5, 0.6) is 0 Å². The smallest absolute Gasteiger partial charge is 0.131 e. The zero-order valence-corrected chi connectivity index (χ0v) is 8.41. The summed E-state index contributed by atoms with van der Waals surface area (Å²) < 4.78 is 0. The maximum atomic E-state index is 8.67. The summed E-state index contributed by atoms with van der Waals surface area (Å²) in [4.78, 5) is 0. The van der Waals surface area contributed by atoms with Crippen LogP contribution in [0.15, 0.2) is 42.5 Å². The highest BCUT2D eigenvalue weighted by atomic mass is 35.5. The molecule has 3 N–H and O–H groups in total. The van der Waals surface area contributed by atoms with Crippen molar-refractivity contribution in [3.8, 4) is 0 Å². The second kappa shape index (κ2) is 4.96. The van der Waals surface area contributed by atoms with E-state index in [-0.39, 0.29) is 12.4 Å². The molecule has 2 aromatic carbocycles. The van der Waals surface area contributed by atoms with Gasteiger partial charge in [0.15, 0.2) is 0 Å². The number of hydrogen-bond acceptors (Lipinski definition) is 1. The first-order valence-corrected chi connectivity index (χ1v) is 4.34. The second-order valence-electron chi connectivity index (χ2n) is 3.07. The van der Waals surface area contributed by atoms with Gasteiger partial charge in [0, 0.05) is 5.56 Å². The molecule has 0 bridgehead atoms. The standard InChI is InChI=1S/C11H11NO.ClH/c13-12-8-9-5-6-10-3-1-2-4-11(10)7-9;/h1-7,12-13H,8H2;1H. The van der Waals surface area contributed by atoms with Crippen LogP contribution in [0.25, 0.3) is 10.8 Å². The Balaban J connectivity index is 0.000000980. The van der Waals surface area contributed by atoms with E-state index in [0.717, 1.165) is 5.56 Å². The molecule has 2 nitrogen and oxygen atoms in total. The SMILES string of the molecule is O[NH2+]Cc1ccc2ccccc2c1.[Cl-]. The number of hydrogen-bond donors (Lipinski definition) is 2. The van der Waals surface area contributed by atoms with Crippen molar-refractivity contribution in [1.82, 2.24) is 0 Å². The van der Waals surface area contributed by atoms with Gasteiger partial charge in [0.1, 0.15) is 6.54 Å². The third-order valence-corrected chi connectivity index (χ3v) is 2.14. The molecule has 0 aliphatic carbocycles. The summed E-state index contributed by atoms with van der Waals surface area (Å²) in [6, 6.07) is 14.4. The van der Waals surface area contributed by atoms with Crippen LogP contribution in [0.2, 0.25) is 0 Å². The molecule has 74 valence electrons. The van der Waals surface area contributed by atoms with E-state index in [9.17, 15) is 0 Å². The molecule has 0 saturated heterocycles. The average Bonchev–Trinajstić information content (AvgIpc) is 2.18. The lowest BCUT2D eigenvalue weighted by Gasteiger charge is -1.99. The van der Waals surface area contributed by atoms with Crippen molar-refractivity contribution in [3.63, 3.8) is 0 Å². The van der Waals surface area contributed by atoms with E-state index >= 15 is 0 Å². The minimum atomic E-state index is 0. The Kier molecular flexibility index (Phi) is 3.89. The average molecular weight is 210 g/mol. The van der Waals surface area contributed by atoms with E-state index in [2.05, 4.69) is 24.3 Å². The molecule has 2 rings (SSSR count). The quantitative estimate of drug-likeness (QED) is 0.569. The van der Waals surface area contributed by atoms with Gasteiger partial charge in [0.25, 0.3) is 0 Å². The van der Waals surface area contributed by atoms with Crippen molar-refractivity contribution in [2.45, 2.75) is 6.54 Å². The Morgan fingerprint density at radius 1 is 1.00 bits per heavy atom. The van der Waals surface area contributed by atoms with Crippen LogP contribution in [-0.4, -0.2) is 5.21 Å². The molecule has 0 unspecified atom stereocenters. The molecule has 0 radical (unpaired) electrons. The number of nitrogens with two attached hydrogens (primary N) is 1. The van der Waals surface area contributed by atoms with Crippen molar-refractivity contribution in [3.05, 3.63) is 48.0 Å². The molecule has 0 aliphatic heterocycles. The lowest BCUT2D eigenvalue weighted by molar-refractivity contribution is -0.899. The summed E-state index contributed by atoms with van der Waals surface area (Å²) in [5.74, 6) is 0. The fraction of sp³-hybridized carbons (Fsp3) is 0.0909. The van der Waals surface area contributed by atoms with Gasteiger partial charge in [-0.05, 0) is 16.8 Å².